The van der Waals surface area contributed by atoms with Crippen molar-refractivity contribution in [3.8, 4) is 0 Å². The van der Waals surface area contributed by atoms with Crippen LogP contribution in [0.25, 0.3) is 0 Å². The number of hydrogen-bond acceptors (Lipinski definition) is 7. The molecule has 0 spiro atoms. The fourth-order valence-corrected chi connectivity index (χ4v) is 4.51. The Balaban J connectivity index is 2.81. The van der Waals surface area contributed by atoms with Crippen LogP contribution in [-0.4, -0.2) is 47.6 Å². The number of hydrazone groups is 1. The monoisotopic (exact) mass is 353 g/mol. The van der Waals surface area contributed by atoms with Gasteiger partial charge in [-0.05, 0) is 34.6 Å². The van der Waals surface area contributed by atoms with Gasteiger partial charge in [-0.25, -0.2) is 5.01 Å². The van der Waals surface area contributed by atoms with Crippen LogP contribution in [0.15, 0.2) is 10.1 Å². The molecule has 1 heterocycles. The molecule has 0 unspecified atom stereocenters. The Morgan fingerprint density at radius 1 is 1.33 bits per heavy atom. The van der Waals surface area contributed by atoms with Gasteiger partial charge >= 0.3 is 6.72 Å². The summed E-state index contributed by atoms with van der Waals surface area (Å²) in [5.74, 6) is 1.08. The van der Waals surface area contributed by atoms with Gasteiger partial charge in [0.1, 0.15) is 0 Å². The lowest BCUT2D eigenvalue weighted by atomic mass is 10.1. The molecule has 9 heteroatoms. The molecule has 0 radical (unpaired) electrons. The SMILES string of the molecule is CCOP(=S)(OCC)OC1=NN(C)C(=NC(C)(C)C)SC1. The minimum atomic E-state index is -2.75. The molecule has 21 heavy (non-hydrogen) atoms. The average molecular weight is 353 g/mol. The molecule has 0 saturated carbocycles. The zero-order chi connectivity index (χ0) is 16.1. The normalized spacial score (nSPS) is 18.9. The van der Waals surface area contributed by atoms with Crippen molar-refractivity contribution in [3.63, 3.8) is 0 Å². The van der Waals surface area contributed by atoms with Crippen LogP contribution in [0.1, 0.15) is 34.6 Å². The van der Waals surface area contributed by atoms with Crippen molar-refractivity contribution >= 4 is 41.4 Å². The summed E-state index contributed by atoms with van der Waals surface area (Å²) in [6.45, 7) is 8.02. The van der Waals surface area contributed by atoms with Gasteiger partial charge < -0.3 is 4.52 Å². The molecule has 0 aromatic rings. The lowest BCUT2D eigenvalue weighted by Crippen LogP contribution is -2.30. The Morgan fingerprint density at radius 3 is 2.33 bits per heavy atom. The van der Waals surface area contributed by atoms with Gasteiger partial charge in [0.05, 0.1) is 24.5 Å². The molecule has 0 atom stereocenters. The van der Waals surface area contributed by atoms with Gasteiger partial charge in [-0.1, -0.05) is 11.8 Å². The maximum Gasteiger partial charge on any atom is 0.381 e. The third-order valence-electron chi connectivity index (χ3n) is 2.09. The van der Waals surface area contributed by atoms with Crippen molar-refractivity contribution in [2.75, 3.05) is 26.0 Å². The van der Waals surface area contributed by atoms with Gasteiger partial charge in [0.2, 0.25) is 5.90 Å². The summed E-state index contributed by atoms with van der Waals surface area (Å²) in [4.78, 5) is 4.62. The predicted molar refractivity (Wildman–Crippen MR) is 93.5 cm³/mol. The quantitative estimate of drug-likeness (QED) is 0.706. The smallest absolute Gasteiger partial charge is 0.381 e. The van der Waals surface area contributed by atoms with E-state index in [2.05, 4.69) is 10.1 Å². The van der Waals surface area contributed by atoms with Gasteiger partial charge in [-0.3, -0.25) is 14.0 Å². The van der Waals surface area contributed by atoms with E-state index in [4.69, 9.17) is 25.4 Å². The molecule has 1 aliphatic rings. The number of amidine groups is 1. The van der Waals surface area contributed by atoms with E-state index >= 15 is 0 Å². The van der Waals surface area contributed by atoms with Crippen LogP contribution >= 0.6 is 18.5 Å². The summed E-state index contributed by atoms with van der Waals surface area (Å²) in [7, 11) is 1.84. The van der Waals surface area contributed by atoms with E-state index in [-0.39, 0.29) is 5.54 Å². The van der Waals surface area contributed by atoms with E-state index in [0.29, 0.717) is 24.9 Å². The molecule has 0 aliphatic carbocycles. The highest BCUT2D eigenvalue weighted by atomic mass is 32.5. The van der Waals surface area contributed by atoms with Crippen molar-refractivity contribution in [2.45, 2.75) is 40.2 Å². The number of rotatable bonds is 5. The second-order valence-corrected chi connectivity index (χ2v) is 9.12. The fraction of sp³-hybridized carbons (Fsp3) is 0.833. The summed E-state index contributed by atoms with van der Waals surface area (Å²) in [6, 6.07) is 0. The first-order valence-corrected chi connectivity index (χ1v) is 10.4. The molecule has 6 nitrogen and oxygen atoms in total. The largest absolute Gasteiger partial charge is 0.407 e. The first-order chi connectivity index (χ1) is 9.69. The Morgan fingerprint density at radius 2 is 1.90 bits per heavy atom. The molecule has 1 rings (SSSR count). The van der Waals surface area contributed by atoms with Crippen LogP contribution in [0, 0.1) is 0 Å². The summed E-state index contributed by atoms with van der Waals surface area (Å²) in [5.41, 5.74) is -0.143. The van der Waals surface area contributed by atoms with Gasteiger partial charge in [-0.15, -0.1) is 5.10 Å². The van der Waals surface area contributed by atoms with Crippen molar-refractivity contribution in [1.29, 1.82) is 0 Å². The van der Waals surface area contributed by atoms with E-state index < -0.39 is 6.72 Å². The van der Waals surface area contributed by atoms with E-state index in [9.17, 15) is 0 Å². The number of nitrogens with zero attached hydrogens (tertiary/aromatic N) is 3. The third kappa shape index (κ3) is 6.65. The van der Waals surface area contributed by atoms with Crippen molar-refractivity contribution < 1.29 is 13.6 Å². The number of thioether (sulfide) groups is 1. The molecule has 0 saturated heterocycles. The van der Waals surface area contributed by atoms with Crippen LogP contribution in [-0.2, 0) is 25.4 Å². The molecule has 0 aromatic carbocycles. The van der Waals surface area contributed by atoms with Crippen molar-refractivity contribution in [1.82, 2.24) is 5.01 Å². The van der Waals surface area contributed by atoms with Gasteiger partial charge in [0.25, 0.3) is 0 Å². The topological polar surface area (TPSA) is 55.6 Å². The molecule has 0 amide bonds. The highest BCUT2D eigenvalue weighted by Gasteiger charge is 2.27. The lowest BCUT2D eigenvalue weighted by Gasteiger charge is -2.27. The highest BCUT2D eigenvalue weighted by Crippen LogP contribution is 2.50. The molecular weight excluding hydrogens is 329 g/mol. The lowest BCUT2D eigenvalue weighted by molar-refractivity contribution is 0.213. The molecule has 0 aromatic heterocycles. The molecule has 0 bridgehead atoms. The second-order valence-electron chi connectivity index (χ2n) is 5.25. The van der Waals surface area contributed by atoms with Crippen LogP contribution in [0.4, 0.5) is 0 Å². The molecule has 122 valence electrons. The minimum Gasteiger partial charge on any atom is -0.407 e. The van der Waals surface area contributed by atoms with Crippen molar-refractivity contribution in [3.05, 3.63) is 0 Å². The van der Waals surface area contributed by atoms with E-state index in [1.54, 1.807) is 16.8 Å². The average Bonchev–Trinajstić information content (AvgIpc) is 2.31. The molecular formula is C12H24N3O3PS2. The third-order valence-corrected chi connectivity index (χ3v) is 5.53. The summed E-state index contributed by atoms with van der Waals surface area (Å²) < 4.78 is 16.6. The zero-order valence-electron chi connectivity index (χ0n) is 13.5. The Bertz CT molecular complexity index is 453. The van der Waals surface area contributed by atoms with Gasteiger partial charge in [0.15, 0.2) is 5.17 Å². The zero-order valence-corrected chi connectivity index (χ0v) is 16.0. The highest BCUT2D eigenvalue weighted by molar-refractivity contribution is 8.14. The maximum atomic E-state index is 5.72. The first-order valence-electron chi connectivity index (χ1n) is 6.81. The number of hydrogen-bond donors (Lipinski definition) is 0. The van der Waals surface area contributed by atoms with Crippen LogP contribution in [0.5, 0.6) is 0 Å². The van der Waals surface area contributed by atoms with Crippen LogP contribution in [0.3, 0.4) is 0 Å². The van der Waals surface area contributed by atoms with Crippen LogP contribution in [0.2, 0.25) is 0 Å². The predicted octanol–water partition coefficient (Wildman–Crippen LogP) is 3.45. The van der Waals surface area contributed by atoms with E-state index in [1.165, 1.54) is 0 Å². The van der Waals surface area contributed by atoms with Crippen LogP contribution < -0.4 is 0 Å². The Labute approximate surface area is 136 Å². The summed E-state index contributed by atoms with van der Waals surface area (Å²) >= 11 is 6.91. The number of aliphatic imine (C=N–C) groups is 1. The van der Waals surface area contributed by atoms with Gasteiger partial charge in [0, 0.05) is 18.9 Å². The van der Waals surface area contributed by atoms with Crippen molar-refractivity contribution in [2.24, 2.45) is 10.1 Å². The molecule has 0 N–H and O–H groups in total. The maximum absolute atomic E-state index is 5.72. The molecule has 1 aliphatic heterocycles. The second kappa shape index (κ2) is 7.92. The first kappa shape index (κ1) is 18.9. The summed E-state index contributed by atoms with van der Waals surface area (Å²) in [5, 5.41) is 6.93. The van der Waals surface area contributed by atoms with Gasteiger partial charge in [-0.2, -0.15) is 0 Å². The minimum absolute atomic E-state index is 0.143. The van der Waals surface area contributed by atoms with E-state index in [1.807, 2.05) is 41.7 Å². The standard InChI is InChI=1S/C12H24N3O3PS2/c1-7-16-19(20,17-8-2)18-10-9-21-11(15(6)14-10)13-12(3,4)5/h7-9H2,1-6H3. The molecule has 0 fully saturated rings. The summed E-state index contributed by atoms with van der Waals surface area (Å²) in [6.07, 6.45) is 0. The van der Waals surface area contributed by atoms with E-state index in [0.717, 1.165) is 5.17 Å². The Hall–Kier alpha value is -0.140. The Kier molecular flexibility index (Phi) is 7.13. The fourth-order valence-electron chi connectivity index (χ4n) is 1.43.